The highest BCUT2D eigenvalue weighted by atomic mass is 32.2. The molecule has 3 N–H and O–H groups in total. The fourth-order valence-electron chi connectivity index (χ4n) is 1.88. The summed E-state index contributed by atoms with van der Waals surface area (Å²) in [6.07, 6.45) is 0. The predicted octanol–water partition coefficient (Wildman–Crippen LogP) is 2.00. The average molecular weight is 326 g/mol. The van der Waals surface area contributed by atoms with E-state index in [1.165, 1.54) is 7.11 Å². The zero-order valence-corrected chi connectivity index (χ0v) is 13.6. The third-order valence-corrected chi connectivity index (χ3v) is 5.50. The molecule has 0 radical (unpaired) electrons. The Labute approximate surface area is 128 Å². The number of methoxy groups -OCH3 is 1. The van der Waals surface area contributed by atoms with Gasteiger partial charge in [0.15, 0.2) is 0 Å². The first-order chi connectivity index (χ1) is 9.97. The van der Waals surface area contributed by atoms with Gasteiger partial charge in [-0.2, -0.15) is 11.3 Å². The molecule has 2 aromatic rings. The first kappa shape index (κ1) is 16.0. The van der Waals surface area contributed by atoms with E-state index in [0.29, 0.717) is 5.75 Å². The van der Waals surface area contributed by atoms with Gasteiger partial charge in [0.1, 0.15) is 10.6 Å². The van der Waals surface area contributed by atoms with Crippen LogP contribution >= 0.6 is 11.3 Å². The van der Waals surface area contributed by atoms with Gasteiger partial charge >= 0.3 is 0 Å². The Kier molecular flexibility index (Phi) is 5.00. The quantitative estimate of drug-likeness (QED) is 0.851. The van der Waals surface area contributed by atoms with Gasteiger partial charge in [-0.1, -0.05) is 6.07 Å². The van der Waals surface area contributed by atoms with E-state index < -0.39 is 10.0 Å². The number of nitrogens with two attached hydrogens (primary N) is 1. The van der Waals surface area contributed by atoms with Crippen LogP contribution in [-0.4, -0.2) is 15.5 Å². The molecular weight excluding hydrogens is 308 g/mol. The van der Waals surface area contributed by atoms with Gasteiger partial charge in [0.05, 0.1) is 7.11 Å². The van der Waals surface area contributed by atoms with Crippen LogP contribution in [-0.2, 0) is 23.1 Å². The van der Waals surface area contributed by atoms with Crippen LogP contribution in [0.1, 0.15) is 16.7 Å². The van der Waals surface area contributed by atoms with Crippen molar-refractivity contribution in [2.75, 3.05) is 7.11 Å². The maximum absolute atomic E-state index is 12.5. The zero-order valence-electron chi connectivity index (χ0n) is 11.9. The van der Waals surface area contributed by atoms with Crippen LogP contribution in [0.15, 0.2) is 33.9 Å². The number of thiophene rings is 1. The SMILES string of the molecule is COc1ccc(CN)cc1S(=O)(=O)NCc1cscc1C. The summed E-state index contributed by atoms with van der Waals surface area (Å²) in [5, 5.41) is 3.92. The summed E-state index contributed by atoms with van der Waals surface area (Å²) in [6.45, 7) is 2.49. The normalized spacial score (nSPS) is 11.6. The molecule has 114 valence electrons. The van der Waals surface area contributed by atoms with Crippen molar-refractivity contribution in [3.05, 3.63) is 45.6 Å². The summed E-state index contributed by atoms with van der Waals surface area (Å²) in [5.74, 6) is 0.307. The van der Waals surface area contributed by atoms with Crippen LogP contribution in [0.4, 0.5) is 0 Å². The van der Waals surface area contributed by atoms with E-state index in [9.17, 15) is 8.42 Å². The zero-order chi connectivity index (χ0) is 15.5. The summed E-state index contributed by atoms with van der Waals surface area (Å²) >= 11 is 1.55. The van der Waals surface area contributed by atoms with Gasteiger partial charge in [-0.3, -0.25) is 0 Å². The van der Waals surface area contributed by atoms with E-state index in [0.717, 1.165) is 16.7 Å². The van der Waals surface area contributed by atoms with E-state index in [4.69, 9.17) is 10.5 Å². The molecule has 0 aliphatic heterocycles. The van der Waals surface area contributed by atoms with E-state index in [1.807, 2.05) is 17.7 Å². The molecule has 7 heteroatoms. The Morgan fingerprint density at radius 2 is 2.10 bits per heavy atom. The molecular formula is C14H18N2O3S2. The summed E-state index contributed by atoms with van der Waals surface area (Å²) in [5.41, 5.74) is 8.35. The summed E-state index contributed by atoms with van der Waals surface area (Å²) in [4.78, 5) is 0.112. The second kappa shape index (κ2) is 6.57. The Morgan fingerprint density at radius 3 is 2.67 bits per heavy atom. The van der Waals surface area contributed by atoms with Gasteiger partial charge in [-0.25, -0.2) is 13.1 Å². The number of rotatable bonds is 6. The van der Waals surface area contributed by atoms with Crippen molar-refractivity contribution < 1.29 is 13.2 Å². The number of nitrogens with one attached hydrogen (secondary N) is 1. The number of benzene rings is 1. The molecule has 0 spiro atoms. The third-order valence-electron chi connectivity index (χ3n) is 3.17. The Hall–Kier alpha value is -1.41. The van der Waals surface area contributed by atoms with Gasteiger partial charge < -0.3 is 10.5 Å². The van der Waals surface area contributed by atoms with Crippen LogP contribution in [0.2, 0.25) is 0 Å². The molecule has 0 aliphatic carbocycles. The molecule has 1 aromatic carbocycles. The number of hydrogen-bond acceptors (Lipinski definition) is 5. The Bertz CT molecular complexity index is 724. The van der Waals surface area contributed by atoms with E-state index >= 15 is 0 Å². The number of hydrogen-bond donors (Lipinski definition) is 2. The smallest absolute Gasteiger partial charge is 0.244 e. The minimum Gasteiger partial charge on any atom is -0.495 e. The van der Waals surface area contributed by atoms with Crippen LogP contribution < -0.4 is 15.2 Å². The largest absolute Gasteiger partial charge is 0.495 e. The molecule has 0 unspecified atom stereocenters. The monoisotopic (exact) mass is 326 g/mol. The molecule has 0 saturated heterocycles. The minimum absolute atomic E-state index is 0.112. The van der Waals surface area contributed by atoms with Gasteiger partial charge in [-0.05, 0) is 46.5 Å². The number of aryl methyl sites for hydroxylation is 1. The molecule has 0 amide bonds. The van der Waals surface area contributed by atoms with Crippen molar-refractivity contribution in [1.29, 1.82) is 0 Å². The Morgan fingerprint density at radius 1 is 1.33 bits per heavy atom. The predicted molar refractivity (Wildman–Crippen MR) is 84.0 cm³/mol. The molecule has 0 saturated carbocycles. The maximum atomic E-state index is 12.5. The lowest BCUT2D eigenvalue weighted by molar-refractivity contribution is 0.402. The summed E-state index contributed by atoms with van der Waals surface area (Å²) in [6, 6.07) is 4.91. The molecule has 21 heavy (non-hydrogen) atoms. The lowest BCUT2D eigenvalue weighted by Crippen LogP contribution is -2.24. The second-order valence-electron chi connectivity index (χ2n) is 4.59. The summed E-state index contributed by atoms with van der Waals surface area (Å²) in [7, 11) is -2.21. The van der Waals surface area contributed by atoms with Gasteiger partial charge in [0.25, 0.3) is 0 Å². The lowest BCUT2D eigenvalue weighted by atomic mass is 10.2. The van der Waals surface area contributed by atoms with Crippen molar-refractivity contribution >= 4 is 21.4 Å². The lowest BCUT2D eigenvalue weighted by Gasteiger charge is -2.12. The highest BCUT2D eigenvalue weighted by Crippen LogP contribution is 2.25. The molecule has 1 heterocycles. The first-order valence-corrected chi connectivity index (χ1v) is 8.79. The highest BCUT2D eigenvalue weighted by molar-refractivity contribution is 7.89. The average Bonchev–Trinajstić information content (AvgIpc) is 2.90. The molecule has 0 bridgehead atoms. The van der Waals surface area contributed by atoms with E-state index in [1.54, 1.807) is 29.5 Å². The topological polar surface area (TPSA) is 81.4 Å². The van der Waals surface area contributed by atoms with Crippen molar-refractivity contribution in [1.82, 2.24) is 4.72 Å². The van der Waals surface area contributed by atoms with Crippen LogP contribution in [0.25, 0.3) is 0 Å². The van der Waals surface area contributed by atoms with Crippen molar-refractivity contribution in [3.8, 4) is 5.75 Å². The third kappa shape index (κ3) is 3.62. The Balaban J connectivity index is 2.28. The fraction of sp³-hybridized carbons (Fsp3) is 0.286. The minimum atomic E-state index is -3.65. The van der Waals surface area contributed by atoms with Crippen LogP contribution in [0, 0.1) is 6.92 Å². The highest BCUT2D eigenvalue weighted by Gasteiger charge is 2.20. The van der Waals surface area contributed by atoms with Gasteiger partial charge in [0.2, 0.25) is 10.0 Å². The molecule has 5 nitrogen and oxygen atoms in total. The number of ether oxygens (including phenoxy) is 1. The number of sulfonamides is 1. The van der Waals surface area contributed by atoms with Crippen molar-refractivity contribution in [3.63, 3.8) is 0 Å². The molecule has 0 aliphatic rings. The van der Waals surface area contributed by atoms with Crippen LogP contribution in [0.5, 0.6) is 5.75 Å². The maximum Gasteiger partial charge on any atom is 0.244 e. The molecule has 2 rings (SSSR count). The second-order valence-corrected chi connectivity index (χ2v) is 7.07. The van der Waals surface area contributed by atoms with E-state index in [2.05, 4.69) is 4.72 Å². The van der Waals surface area contributed by atoms with Crippen molar-refractivity contribution in [2.45, 2.75) is 24.9 Å². The van der Waals surface area contributed by atoms with E-state index in [-0.39, 0.29) is 18.0 Å². The van der Waals surface area contributed by atoms with Gasteiger partial charge in [0, 0.05) is 13.1 Å². The summed E-state index contributed by atoms with van der Waals surface area (Å²) < 4.78 is 32.7. The molecule has 1 aromatic heterocycles. The van der Waals surface area contributed by atoms with Crippen molar-refractivity contribution in [2.24, 2.45) is 5.73 Å². The standard InChI is InChI=1S/C14H18N2O3S2/c1-10-8-20-9-12(10)7-16-21(17,18)14-5-11(6-15)3-4-13(14)19-2/h3-5,8-9,16H,6-7,15H2,1-2H3. The van der Waals surface area contributed by atoms with Crippen LogP contribution in [0.3, 0.4) is 0 Å². The fourth-order valence-corrected chi connectivity index (χ4v) is 3.96. The molecule has 0 atom stereocenters. The van der Waals surface area contributed by atoms with Gasteiger partial charge in [-0.15, -0.1) is 0 Å². The molecule has 0 fully saturated rings. The first-order valence-electron chi connectivity index (χ1n) is 6.36.